The molecule has 0 bridgehead atoms. The van der Waals surface area contributed by atoms with Crippen LogP contribution in [0.5, 0.6) is 0 Å². The quantitative estimate of drug-likeness (QED) is 0.409. The van der Waals surface area contributed by atoms with Gasteiger partial charge in [-0.25, -0.2) is 0 Å². The van der Waals surface area contributed by atoms with Gasteiger partial charge in [-0.2, -0.15) is 0 Å². The van der Waals surface area contributed by atoms with E-state index in [1.807, 2.05) is 0 Å². The van der Waals surface area contributed by atoms with Gasteiger partial charge in [0.25, 0.3) is 0 Å². The van der Waals surface area contributed by atoms with Gasteiger partial charge in [0.2, 0.25) is 0 Å². The Labute approximate surface area is 228 Å². The predicted molar refractivity (Wildman–Crippen MR) is 146 cm³/mol. The molecule has 1 heterocycles. The fraction of sp³-hybridized carbons (Fsp3) is 0.781. The topological polar surface area (TPSA) is 72.9 Å². The number of likely N-dealkylation sites (tertiary alicyclic amines) is 1. The summed E-state index contributed by atoms with van der Waals surface area (Å²) in [6, 6.07) is 0. The van der Waals surface area contributed by atoms with Gasteiger partial charge in [-0.15, -0.1) is 0 Å². The number of esters is 2. The number of fused-ring (bicyclic) bond motifs is 5. The highest BCUT2D eigenvalue weighted by Crippen LogP contribution is 2.68. The van der Waals surface area contributed by atoms with Crippen LogP contribution in [-0.2, 0) is 23.9 Å². The highest BCUT2D eigenvalue weighted by atomic mass is 16.6. The molecule has 2 saturated carbocycles. The zero-order valence-corrected chi connectivity index (χ0v) is 24.1. The summed E-state index contributed by atoms with van der Waals surface area (Å²) in [7, 11) is 0. The van der Waals surface area contributed by atoms with Crippen molar-refractivity contribution >= 4 is 17.7 Å². The number of hydrogen-bond donors (Lipinski definition) is 0. The average Bonchev–Trinajstić information content (AvgIpc) is 3.17. The van der Waals surface area contributed by atoms with Crippen molar-refractivity contribution in [2.24, 2.45) is 28.6 Å². The lowest BCUT2D eigenvalue weighted by Gasteiger charge is -2.58. The molecule has 38 heavy (non-hydrogen) atoms. The maximum Gasteiger partial charge on any atom is 0.307 e. The first-order valence-corrected chi connectivity index (χ1v) is 15.0. The van der Waals surface area contributed by atoms with Gasteiger partial charge in [0, 0.05) is 18.9 Å². The lowest BCUT2D eigenvalue weighted by atomic mass is 9.47. The molecule has 0 radical (unpaired) electrons. The molecular formula is C32H47NO5. The van der Waals surface area contributed by atoms with Crippen molar-refractivity contribution < 1.29 is 23.9 Å². The molecule has 0 aromatic heterocycles. The van der Waals surface area contributed by atoms with Crippen molar-refractivity contribution in [1.82, 2.24) is 4.90 Å². The summed E-state index contributed by atoms with van der Waals surface area (Å²) in [5, 5.41) is 0. The van der Waals surface area contributed by atoms with Crippen LogP contribution >= 0.6 is 0 Å². The second-order valence-electron chi connectivity index (χ2n) is 13.3. The molecule has 210 valence electrons. The van der Waals surface area contributed by atoms with Crippen molar-refractivity contribution in [3.8, 4) is 0 Å². The van der Waals surface area contributed by atoms with Crippen LogP contribution in [0, 0.1) is 28.6 Å². The van der Waals surface area contributed by atoms with Gasteiger partial charge in [0.1, 0.15) is 6.10 Å². The first-order valence-electron chi connectivity index (χ1n) is 15.0. The van der Waals surface area contributed by atoms with Crippen molar-refractivity contribution in [3.63, 3.8) is 0 Å². The molecule has 0 amide bonds. The zero-order valence-electron chi connectivity index (χ0n) is 24.1. The average molecular weight is 526 g/mol. The van der Waals surface area contributed by atoms with E-state index in [0.717, 1.165) is 51.7 Å². The van der Waals surface area contributed by atoms with Gasteiger partial charge in [-0.1, -0.05) is 31.9 Å². The molecule has 6 heteroatoms. The minimum atomic E-state index is -1.01. The Morgan fingerprint density at radius 1 is 0.947 bits per heavy atom. The number of rotatable bonds is 6. The molecule has 5 aliphatic rings. The molecule has 4 aliphatic carbocycles. The molecule has 7 atom stereocenters. The molecular weight excluding hydrogens is 478 g/mol. The summed E-state index contributed by atoms with van der Waals surface area (Å²) in [5.41, 5.74) is 1.30. The van der Waals surface area contributed by atoms with Gasteiger partial charge in [-0.05, 0) is 113 Å². The zero-order chi connectivity index (χ0) is 27.3. The number of ether oxygens (including phenoxy) is 2. The van der Waals surface area contributed by atoms with Gasteiger partial charge >= 0.3 is 11.9 Å². The smallest absolute Gasteiger partial charge is 0.307 e. The van der Waals surface area contributed by atoms with E-state index in [9.17, 15) is 14.4 Å². The number of nitrogens with zero attached hydrogens (tertiary/aromatic N) is 1. The SMILES string of the molecule is CC(=O)O[C@]1(C(C)=O)CC[C@@H]2[C@@H]3C=C(C)C4=C[C@@H](OC(=O)CCN5CCCCC5)CC[C@]4(C)[C@@H]3CC[C@@]21C. The van der Waals surface area contributed by atoms with Crippen LogP contribution in [0.1, 0.15) is 98.8 Å². The Hall–Kier alpha value is -1.95. The van der Waals surface area contributed by atoms with E-state index >= 15 is 0 Å². The fourth-order valence-corrected chi connectivity index (χ4v) is 9.37. The monoisotopic (exact) mass is 525 g/mol. The highest BCUT2D eigenvalue weighted by Gasteiger charge is 2.67. The molecule has 6 nitrogen and oxygen atoms in total. The summed E-state index contributed by atoms with van der Waals surface area (Å²) >= 11 is 0. The number of piperidine rings is 1. The fourth-order valence-electron chi connectivity index (χ4n) is 9.37. The minimum absolute atomic E-state index is 0.0120. The van der Waals surface area contributed by atoms with Crippen LogP contribution < -0.4 is 0 Å². The molecule has 0 aromatic rings. The van der Waals surface area contributed by atoms with Crippen LogP contribution in [0.2, 0.25) is 0 Å². The molecule has 1 saturated heterocycles. The molecule has 0 unspecified atom stereocenters. The summed E-state index contributed by atoms with van der Waals surface area (Å²) in [4.78, 5) is 40.2. The lowest BCUT2D eigenvalue weighted by Crippen LogP contribution is -2.58. The molecule has 0 spiro atoms. The normalized spacial score (nSPS) is 40.7. The standard InChI is InChI=1S/C32H47NO5/c1-21-19-25-26(10-14-31(5)27(25)11-15-32(31,22(2)34)38-23(3)35)30(4)13-9-24(20-28(21)30)37-29(36)12-18-33-16-7-6-8-17-33/h19-20,24-27H,6-18H2,1-5H3/t24-,25+,26+,27+,30+,31-,32-/m0/s1. The largest absolute Gasteiger partial charge is 0.458 e. The van der Waals surface area contributed by atoms with Crippen molar-refractivity contribution in [2.45, 2.75) is 111 Å². The molecule has 0 N–H and O–H groups in total. The van der Waals surface area contributed by atoms with Crippen molar-refractivity contribution in [3.05, 3.63) is 23.3 Å². The Balaban J connectivity index is 1.34. The Morgan fingerprint density at radius 2 is 1.66 bits per heavy atom. The van der Waals surface area contributed by atoms with Crippen LogP contribution in [-0.4, -0.2) is 54.0 Å². The number of ketones is 1. The summed E-state index contributed by atoms with van der Waals surface area (Å²) in [5.74, 6) is 0.690. The van der Waals surface area contributed by atoms with E-state index in [1.165, 1.54) is 37.3 Å². The van der Waals surface area contributed by atoms with Gasteiger partial charge < -0.3 is 14.4 Å². The number of Topliss-reactive ketones (excluding diaryl/α,β-unsaturated/α-hetero) is 1. The van der Waals surface area contributed by atoms with Gasteiger partial charge in [0.15, 0.2) is 11.4 Å². The summed E-state index contributed by atoms with van der Waals surface area (Å²) in [6.07, 6.45) is 14.0. The van der Waals surface area contributed by atoms with Crippen LogP contribution in [0.3, 0.4) is 0 Å². The number of allylic oxidation sites excluding steroid dienone is 3. The predicted octanol–water partition coefficient (Wildman–Crippen LogP) is 5.79. The third-order valence-electron chi connectivity index (χ3n) is 11.3. The van der Waals surface area contributed by atoms with Crippen LogP contribution in [0.15, 0.2) is 23.3 Å². The lowest BCUT2D eigenvalue weighted by molar-refractivity contribution is -0.185. The third kappa shape index (κ3) is 4.49. The van der Waals surface area contributed by atoms with Gasteiger partial charge in [0.05, 0.1) is 6.42 Å². The van der Waals surface area contributed by atoms with E-state index in [-0.39, 0.29) is 34.7 Å². The Bertz CT molecular complexity index is 1040. The van der Waals surface area contributed by atoms with E-state index in [1.54, 1.807) is 6.92 Å². The maximum atomic E-state index is 13.0. The number of carbonyl (C=O) groups is 3. The van der Waals surface area contributed by atoms with Crippen molar-refractivity contribution in [2.75, 3.05) is 19.6 Å². The summed E-state index contributed by atoms with van der Waals surface area (Å²) < 4.78 is 11.9. The molecule has 5 rings (SSSR count). The number of carbonyl (C=O) groups excluding carboxylic acids is 3. The second-order valence-corrected chi connectivity index (χ2v) is 13.3. The number of hydrogen-bond acceptors (Lipinski definition) is 6. The highest BCUT2D eigenvalue weighted by molar-refractivity contribution is 5.89. The van der Waals surface area contributed by atoms with E-state index in [2.05, 4.69) is 37.8 Å². The van der Waals surface area contributed by atoms with Crippen molar-refractivity contribution in [1.29, 1.82) is 0 Å². The molecule has 1 aliphatic heterocycles. The van der Waals surface area contributed by atoms with Crippen LogP contribution in [0.25, 0.3) is 0 Å². The first kappa shape index (κ1) is 27.6. The van der Waals surface area contributed by atoms with E-state index in [4.69, 9.17) is 9.47 Å². The Kier molecular flexibility index (Phi) is 7.43. The van der Waals surface area contributed by atoms with Gasteiger partial charge in [-0.3, -0.25) is 14.4 Å². The summed E-state index contributed by atoms with van der Waals surface area (Å²) in [6.45, 7) is 12.8. The van der Waals surface area contributed by atoms with E-state index in [0.29, 0.717) is 30.6 Å². The minimum Gasteiger partial charge on any atom is -0.458 e. The maximum absolute atomic E-state index is 13.0. The Morgan fingerprint density at radius 3 is 2.34 bits per heavy atom. The first-order chi connectivity index (χ1) is 18.0. The molecule has 0 aromatic carbocycles. The third-order valence-corrected chi connectivity index (χ3v) is 11.3. The van der Waals surface area contributed by atoms with Crippen LogP contribution in [0.4, 0.5) is 0 Å². The van der Waals surface area contributed by atoms with E-state index < -0.39 is 5.60 Å². The second kappa shape index (κ2) is 10.2. The molecule has 3 fully saturated rings.